The molecular weight excluding hydrogens is 310 g/mol. The van der Waals surface area contributed by atoms with E-state index in [9.17, 15) is 9.59 Å². The molecule has 1 aliphatic rings. The summed E-state index contributed by atoms with van der Waals surface area (Å²) in [5, 5.41) is 0. The van der Waals surface area contributed by atoms with E-state index in [4.69, 9.17) is 9.16 Å². The zero-order chi connectivity index (χ0) is 17.0. The van der Waals surface area contributed by atoms with Crippen LogP contribution in [0.15, 0.2) is 30.3 Å². The van der Waals surface area contributed by atoms with Gasteiger partial charge in [0.1, 0.15) is 6.04 Å². The highest BCUT2D eigenvalue weighted by atomic mass is 28.4. The SMILES string of the molecule is CC[Si](CC)(CC)O[C@@H]1C(=O)N(C(=O)OC)[C@@H]1c1ccccc1. The van der Waals surface area contributed by atoms with E-state index < -0.39 is 26.6 Å². The average Bonchev–Trinajstić information content (AvgIpc) is 2.61. The van der Waals surface area contributed by atoms with Crippen LogP contribution in [0, 0.1) is 0 Å². The van der Waals surface area contributed by atoms with Gasteiger partial charge >= 0.3 is 6.09 Å². The molecule has 0 bridgehead atoms. The van der Waals surface area contributed by atoms with Gasteiger partial charge in [-0.1, -0.05) is 51.1 Å². The molecule has 1 fully saturated rings. The van der Waals surface area contributed by atoms with E-state index >= 15 is 0 Å². The highest BCUT2D eigenvalue weighted by Gasteiger charge is 2.55. The van der Waals surface area contributed by atoms with Crippen molar-refractivity contribution in [2.45, 2.75) is 51.0 Å². The van der Waals surface area contributed by atoms with Gasteiger partial charge in [-0.3, -0.25) is 4.79 Å². The maximum absolute atomic E-state index is 12.5. The summed E-state index contributed by atoms with van der Waals surface area (Å²) in [5.74, 6) is -0.294. The number of carbonyl (C=O) groups is 2. The molecular formula is C17H25NO4Si. The number of ether oxygens (including phenoxy) is 1. The molecule has 0 radical (unpaired) electrons. The van der Waals surface area contributed by atoms with Crippen molar-refractivity contribution in [2.75, 3.05) is 7.11 Å². The molecule has 6 heteroatoms. The van der Waals surface area contributed by atoms with Crippen molar-refractivity contribution in [3.63, 3.8) is 0 Å². The van der Waals surface area contributed by atoms with E-state index in [1.54, 1.807) is 0 Å². The van der Waals surface area contributed by atoms with Gasteiger partial charge in [0.05, 0.1) is 7.11 Å². The van der Waals surface area contributed by atoms with E-state index in [-0.39, 0.29) is 5.91 Å². The predicted octanol–water partition coefficient (Wildman–Crippen LogP) is 3.73. The molecule has 2 rings (SSSR count). The largest absolute Gasteiger partial charge is 0.452 e. The van der Waals surface area contributed by atoms with Crippen LogP contribution in [0.25, 0.3) is 0 Å². The van der Waals surface area contributed by atoms with Gasteiger partial charge in [0.25, 0.3) is 5.91 Å². The number of benzene rings is 1. The number of methoxy groups -OCH3 is 1. The Morgan fingerprint density at radius 1 is 1.13 bits per heavy atom. The van der Waals surface area contributed by atoms with E-state index in [0.29, 0.717) is 0 Å². The highest BCUT2D eigenvalue weighted by Crippen LogP contribution is 2.40. The van der Waals surface area contributed by atoms with Gasteiger partial charge in [-0.2, -0.15) is 0 Å². The average molecular weight is 335 g/mol. The molecule has 0 aromatic heterocycles. The zero-order valence-corrected chi connectivity index (χ0v) is 15.2. The van der Waals surface area contributed by atoms with Crippen LogP contribution in [-0.4, -0.2) is 38.4 Å². The Labute approximate surface area is 138 Å². The predicted molar refractivity (Wildman–Crippen MR) is 90.5 cm³/mol. The molecule has 0 spiro atoms. The van der Waals surface area contributed by atoms with E-state index in [0.717, 1.165) is 23.7 Å². The van der Waals surface area contributed by atoms with Crippen LogP contribution in [0.4, 0.5) is 4.79 Å². The fourth-order valence-electron chi connectivity index (χ4n) is 3.12. The van der Waals surface area contributed by atoms with Crippen molar-refractivity contribution < 1.29 is 18.8 Å². The molecule has 1 aliphatic heterocycles. The summed E-state index contributed by atoms with van der Waals surface area (Å²) in [6.45, 7) is 6.37. The van der Waals surface area contributed by atoms with Crippen LogP contribution in [0.1, 0.15) is 32.4 Å². The molecule has 1 heterocycles. The number of rotatable bonds is 6. The number of amides is 2. The zero-order valence-electron chi connectivity index (χ0n) is 14.2. The van der Waals surface area contributed by atoms with Crippen LogP contribution in [0.3, 0.4) is 0 Å². The minimum Gasteiger partial charge on any atom is -0.452 e. The Morgan fingerprint density at radius 3 is 2.17 bits per heavy atom. The third-order valence-corrected chi connectivity index (χ3v) is 9.49. The Bertz CT molecular complexity index is 551. The summed E-state index contributed by atoms with van der Waals surface area (Å²) in [6, 6.07) is 12.0. The normalized spacial score (nSPS) is 21.0. The molecule has 0 unspecified atom stereocenters. The third-order valence-electron chi connectivity index (χ3n) is 4.87. The van der Waals surface area contributed by atoms with Gasteiger partial charge in [0.2, 0.25) is 0 Å². The number of carbonyl (C=O) groups excluding carboxylic acids is 2. The van der Waals surface area contributed by atoms with Crippen LogP contribution in [-0.2, 0) is 14.0 Å². The van der Waals surface area contributed by atoms with Gasteiger partial charge in [-0.15, -0.1) is 0 Å². The second-order valence-corrected chi connectivity index (χ2v) is 10.5. The van der Waals surface area contributed by atoms with Crippen LogP contribution in [0.5, 0.6) is 0 Å². The second-order valence-electron chi connectivity index (χ2n) is 5.82. The smallest absolute Gasteiger partial charge is 0.417 e. The van der Waals surface area contributed by atoms with Crippen molar-refractivity contribution in [3.05, 3.63) is 35.9 Å². The fourth-order valence-corrected chi connectivity index (χ4v) is 5.89. The van der Waals surface area contributed by atoms with Crippen LogP contribution >= 0.6 is 0 Å². The van der Waals surface area contributed by atoms with Gasteiger partial charge in [-0.25, -0.2) is 9.69 Å². The standard InChI is InChI=1S/C17H25NO4Si/c1-5-23(6-2,7-3)22-15-14(13-11-9-8-10-12-13)18(16(15)19)17(20)21-4/h8-12,14-15H,5-7H2,1-4H3/t14-,15+/m1/s1. The van der Waals surface area contributed by atoms with E-state index in [2.05, 4.69) is 20.8 Å². The second kappa shape index (κ2) is 7.27. The van der Waals surface area contributed by atoms with Crippen molar-refractivity contribution in [1.82, 2.24) is 4.90 Å². The molecule has 0 saturated carbocycles. The summed E-state index contributed by atoms with van der Waals surface area (Å²) >= 11 is 0. The lowest BCUT2D eigenvalue weighted by atomic mass is 9.91. The molecule has 1 saturated heterocycles. The summed E-state index contributed by atoms with van der Waals surface area (Å²) < 4.78 is 11.1. The Morgan fingerprint density at radius 2 is 1.70 bits per heavy atom. The molecule has 126 valence electrons. The summed E-state index contributed by atoms with van der Waals surface area (Å²) in [5.41, 5.74) is 0.897. The fraction of sp³-hybridized carbons (Fsp3) is 0.529. The molecule has 5 nitrogen and oxygen atoms in total. The Balaban J connectivity index is 2.31. The van der Waals surface area contributed by atoms with Crippen LogP contribution in [0.2, 0.25) is 18.1 Å². The Kier molecular flexibility index (Phi) is 5.59. The molecule has 1 aromatic rings. The van der Waals surface area contributed by atoms with Gasteiger partial charge in [0, 0.05) is 0 Å². The van der Waals surface area contributed by atoms with E-state index in [1.807, 2.05) is 30.3 Å². The quantitative estimate of drug-likeness (QED) is 0.587. The van der Waals surface area contributed by atoms with Crippen molar-refractivity contribution in [2.24, 2.45) is 0 Å². The minimum absolute atomic E-state index is 0.294. The lowest BCUT2D eigenvalue weighted by Gasteiger charge is -2.47. The number of β-lactam (4-membered cyclic amide) rings is 1. The van der Waals surface area contributed by atoms with Crippen molar-refractivity contribution >= 4 is 20.3 Å². The molecule has 2 amide bonds. The molecule has 0 N–H and O–H groups in total. The molecule has 1 aromatic carbocycles. The van der Waals surface area contributed by atoms with Gasteiger partial charge < -0.3 is 9.16 Å². The lowest BCUT2D eigenvalue weighted by molar-refractivity contribution is -0.160. The summed E-state index contributed by atoms with van der Waals surface area (Å²) in [7, 11) is -0.654. The molecule has 23 heavy (non-hydrogen) atoms. The minimum atomic E-state index is -1.94. The maximum Gasteiger partial charge on any atom is 0.417 e. The summed E-state index contributed by atoms with van der Waals surface area (Å²) in [6.07, 6.45) is -1.21. The highest BCUT2D eigenvalue weighted by molar-refractivity contribution is 6.73. The van der Waals surface area contributed by atoms with Crippen molar-refractivity contribution in [1.29, 1.82) is 0 Å². The third kappa shape index (κ3) is 3.18. The maximum atomic E-state index is 12.5. The number of nitrogens with zero attached hydrogens (tertiary/aromatic N) is 1. The van der Waals surface area contributed by atoms with Crippen LogP contribution < -0.4 is 0 Å². The first-order valence-electron chi connectivity index (χ1n) is 8.17. The topological polar surface area (TPSA) is 55.8 Å². The first-order valence-corrected chi connectivity index (χ1v) is 10.7. The van der Waals surface area contributed by atoms with Crippen molar-refractivity contribution in [3.8, 4) is 0 Å². The summed E-state index contributed by atoms with van der Waals surface area (Å²) in [4.78, 5) is 25.6. The lowest BCUT2D eigenvalue weighted by Crippen LogP contribution is -2.64. The van der Waals surface area contributed by atoms with Gasteiger partial charge in [-0.05, 0) is 23.7 Å². The number of imide groups is 1. The monoisotopic (exact) mass is 335 g/mol. The number of likely N-dealkylation sites (tertiary alicyclic amines) is 1. The number of hydrogen-bond acceptors (Lipinski definition) is 4. The molecule has 0 aliphatic carbocycles. The first-order chi connectivity index (χ1) is 11.0. The molecule has 2 atom stereocenters. The number of hydrogen-bond donors (Lipinski definition) is 0. The first kappa shape index (κ1) is 17.7. The van der Waals surface area contributed by atoms with E-state index in [1.165, 1.54) is 12.0 Å². The van der Waals surface area contributed by atoms with Gasteiger partial charge in [0.15, 0.2) is 14.4 Å². The Hall–Kier alpha value is -1.66.